The second-order valence-electron chi connectivity index (χ2n) is 9.72. The third-order valence-corrected chi connectivity index (χ3v) is 7.20. The fourth-order valence-corrected chi connectivity index (χ4v) is 4.79. The number of imidazole rings is 1. The van der Waals surface area contributed by atoms with Gasteiger partial charge >= 0.3 is 12.0 Å². The summed E-state index contributed by atoms with van der Waals surface area (Å²) in [6.45, 7) is 1.25. The van der Waals surface area contributed by atoms with Crippen LogP contribution in [0.1, 0.15) is 33.7 Å². The Hall–Kier alpha value is -4.48. The maximum atomic E-state index is 15.5. The molecule has 1 aliphatic heterocycles. The predicted octanol–water partition coefficient (Wildman–Crippen LogP) is 5.57. The van der Waals surface area contributed by atoms with Crippen LogP contribution in [0.3, 0.4) is 0 Å². The van der Waals surface area contributed by atoms with Crippen molar-refractivity contribution in [2.75, 3.05) is 13.7 Å². The number of nitrogens with zero attached hydrogens (tertiary/aromatic N) is 5. The van der Waals surface area contributed by atoms with Crippen LogP contribution >= 0.6 is 11.6 Å². The van der Waals surface area contributed by atoms with Crippen molar-refractivity contribution < 1.29 is 27.8 Å². The molecule has 0 radical (unpaired) electrons. The highest BCUT2D eigenvalue weighted by Gasteiger charge is 2.24. The van der Waals surface area contributed by atoms with Gasteiger partial charge in [0.2, 0.25) is 0 Å². The van der Waals surface area contributed by atoms with Gasteiger partial charge in [-0.1, -0.05) is 17.7 Å². The summed E-state index contributed by atoms with van der Waals surface area (Å²) >= 11 is 5.81. The fourth-order valence-electron chi connectivity index (χ4n) is 4.68. The van der Waals surface area contributed by atoms with E-state index in [-0.39, 0.29) is 42.0 Å². The van der Waals surface area contributed by atoms with Gasteiger partial charge in [0.15, 0.2) is 0 Å². The molecule has 0 amide bonds. The largest absolute Gasteiger partial charge is 0.465 e. The van der Waals surface area contributed by atoms with Gasteiger partial charge in [0, 0.05) is 36.5 Å². The van der Waals surface area contributed by atoms with Crippen molar-refractivity contribution in [3.63, 3.8) is 0 Å². The first-order chi connectivity index (χ1) is 20.4. The zero-order valence-electron chi connectivity index (χ0n) is 22.4. The summed E-state index contributed by atoms with van der Waals surface area (Å²) in [6, 6.07) is 12.1. The highest BCUT2D eigenvalue weighted by Crippen LogP contribution is 2.28. The van der Waals surface area contributed by atoms with E-state index in [0.717, 1.165) is 24.1 Å². The molecular weight excluding hydrogens is 568 g/mol. The highest BCUT2D eigenvalue weighted by molar-refractivity contribution is 6.29. The van der Waals surface area contributed by atoms with Crippen LogP contribution in [0.2, 0.25) is 5.15 Å². The lowest BCUT2D eigenvalue weighted by Gasteiger charge is -2.27. The smallest absolute Gasteiger partial charge is 0.337 e. The van der Waals surface area contributed by atoms with E-state index in [0.29, 0.717) is 40.7 Å². The molecule has 1 fully saturated rings. The molecule has 1 unspecified atom stereocenters. The van der Waals surface area contributed by atoms with E-state index >= 15 is 8.78 Å². The van der Waals surface area contributed by atoms with Gasteiger partial charge in [0.25, 0.3) is 0 Å². The van der Waals surface area contributed by atoms with Crippen LogP contribution in [0.25, 0.3) is 22.3 Å². The Labute approximate surface area is 244 Å². The topological polar surface area (TPSA) is 101 Å². The number of carbonyl (C=O) groups excluding carboxylic acids is 1. The van der Waals surface area contributed by atoms with Crippen LogP contribution in [-0.4, -0.2) is 50.3 Å². The van der Waals surface area contributed by atoms with E-state index in [9.17, 15) is 4.79 Å². The standard InChI is InChI=1S/C30H24ClF2N5O4/c1-40-29(39)18-3-4-25-26(11-18)38(15-20-7-9-41-20)28(36-25)12-19-10-23(33)21(13-22(19)32)24-6-8-34-30(37-24)42-16-17-2-5-27(31)35-14-17/h2-6,8,10-11,13-14,20H,7,9,12,15-16H2,1H3. The number of aromatic nitrogens is 5. The lowest BCUT2D eigenvalue weighted by molar-refractivity contribution is -0.0589. The lowest BCUT2D eigenvalue weighted by Crippen LogP contribution is -2.31. The van der Waals surface area contributed by atoms with Crippen molar-refractivity contribution in [2.45, 2.75) is 32.1 Å². The second kappa shape index (κ2) is 11.8. The first-order valence-corrected chi connectivity index (χ1v) is 13.5. The molecule has 4 heterocycles. The second-order valence-corrected chi connectivity index (χ2v) is 10.1. The first-order valence-electron chi connectivity index (χ1n) is 13.1. The lowest BCUT2D eigenvalue weighted by atomic mass is 10.0. The number of rotatable bonds is 9. The Morgan fingerprint density at radius 2 is 1.95 bits per heavy atom. The number of pyridine rings is 1. The average molecular weight is 592 g/mol. The number of benzene rings is 2. The van der Waals surface area contributed by atoms with Crippen molar-refractivity contribution in [2.24, 2.45) is 0 Å². The molecule has 1 aliphatic rings. The molecule has 2 aromatic carbocycles. The third kappa shape index (κ3) is 5.79. The molecule has 12 heteroatoms. The molecular formula is C30H24ClF2N5O4. The van der Waals surface area contributed by atoms with Crippen molar-refractivity contribution in [1.29, 1.82) is 0 Å². The van der Waals surface area contributed by atoms with Crippen LogP contribution in [0, 0.1) is 11.6 Å². The minimum absolute atomic E-state index is 0.00425. The molecule has 0 spiro atoms. The van der Waals surface area contributed by atoms with Crippen molar-refractivity contribution in [1.82, 2.24) is 24.5 Å². The molecule has 1 atom stereocenters. The monoisotopic (exact) mass is 591 g/mol. The molecule has 3 aromatic heterocycles. The SMILES string of the molecule is COC(=O)c1ccc2nc(Cc3cc(F)c(-c4ccnc(OCc5ccc(Cl)nc5)n4)cc3F)n(CC3CCO3)c2c1. The van der Waals surface area contributed by atoms with E-state index in [1.165, 1.54) is 19.4 Å². The van der Waals surface area contributed by atoms with E-state index in [1.807, 2.05) is 4.57 Å². The van der Waals surface area contributed by atoms with Gasteiger partial charge in [-0.2, -0.15) is 4.98 Å². The Kier molecular flexibility index (Phi) is 7.77. The zero-order chi connectivity index (χ0) is 29.2. The Morgan fingerprint density at radius 3 is 2.69 bits per heavy atom. The summed E-state index contributed by atoms with van der Waals surface area (Å²) < 4.78 is 48.8. The van der Waals surface area contributed by atoms with Crippen LogP contribution in [0.15, 0.2) is 60.9 Å². The van der Waals surface area contributed by atoms with Crippen LogP contribution in [0.4, 0.5) is 8.78 Å². The molecule has 1 saturated heterocycles. The number of fused-ring (bicyclic) bond motifs is 1. The number of esters is 1. The summed E-state index contributed by atoms with van der Waals surface area (Å²) in [5.74, 6) is -1.23. The normalized spacial score (nSPS) is 14.5. The van der Waals surface area contributed by atoms with Gasteiger partial charge < -0.3 is 18.8 Å². The number of ether oxygens (including phenoxy) is 3. The summed E-state index contributed by atoms with van der Waals surface area (Å²) in [4.78, 5) is 29.1. The Balaban J connectivity index is 1.27. The summed E-state index contributed by atoms with van der Waals surface area (Å²) in [5.41, 5.74) is 2.67. The third-order valence-electron chi connectivity index (χ3n) is 6.98. The number of hydrogen-bond acceptors (Lipinski definition) is 8. The minimum Gasteiger partial charge on any atom is -0.465 e. The first kappa shape index (κ1) is 27.7. The molecule has 0 N–H and O–H groups in total. The number of carbonyl (C=O) groups is 1. The van der Waals surface area contributed by atoms with Crippen molar-refractivity contribution in [3.8, 4) is 17.3 Å². The maximum Gasteiger partial charge on any atom is 0.337 e. The number of halogens is 3. The van der Waals surface area contributed by atoms with Gasteiger partial charge in [-0.25, -0.2) is 28.5 Å². The van der Waals surface area contributed by atoms with Gasteiger partial charge in [0.05, 0.1) is 42.0 Å². The van der Waals surface area contributed by atoms with Crippen molar-refractivity contribution in [3.05, 3.63) is 100 Å². The van der Waals surface area contributed by atoms with E-state index in [4.69, 9.17) is 25.8 Å². The van der Waals surface area contributed by atoms with E-state index < -0.39 is 17.6 Å². The molecule has 0 aliphatic carbocycles. The zero-order valence-corrected chi connectivity index (χ0v) is 23.1. The molecule has 0 saturated carbocycles. The quantitative estimate of drug-likeness (QED) is 0.162. The molecule has 0 bridgehead atoms. The maximum absolute atomic E-state index is 15.5. The number of hydrogen-bond donors (Lipinski definition) is 0. The van der Waals surface area contributed by atoms with Crippen LogP contribution in [0.5, 0.6) is 6.01 Å². The number of methoxy groups -OCH3 is 1. The van der Waals surface area contributed by atoms with Crippen LogP contribution in [-0.2, 0) is 29.0 Å². The summed E-state index contributed by atoms with van der Waals surface area (Å²) in [5, 5.41) is 0.357. The molecule has 5 aromatic rings. The molecule has 42 heavy (non-hydrogen) atoms. The van der Waals surface area contributed by atoms with Crippen molar-refractivity contribution >= 4 is 28.6 Å². The minimum atomic E-state index is -0.657. The van der Waals surface area contributed by atoms with Gasteiger partial charge in [-0.05, 0) is 54.4 Å². The van der Waals surface area contributed by atoms with Gasteiger partial charge in [0.1, 0.15) is 29.2 Å². The predicted molar refractivity (Wildman–Crippen MR) is 149 cm³/mol. The Bertz CT molecular complexity index is 1780. The summed E-state index contributed by atoms with van der Waals surface area (Å²) in [7, 11) is 1.31. The highest BCUT2D eigenvalue weighted by atomic mass is 35.5. The van der Waals surface area contributed by atoms with Gasteiger partial charge in [-0.15, -0.1) is 0 Å². The Morgan fingerprint density at radius 1 is 1.10 bits per heavy atom. The van der Waals surface area contributed by atoms with E-state index in [2.05, 4.69) is 19.9 Å². The molecule has 6 rings (SSSR count). The molecule has 9 nitrogen and oxygen atoms in total. The van der Waals surface area contributed by atoms with E-state index in [1.54, 1.807) is 36.5 Å². The fraction of sp³-hybridized carbons (Fsp3) is 0.233. The summed E-state index contributed by atoms with van der Waals surface area (Å²) in [6.07, 6.45) is 3.83. The van der Waals surface area contributed by atoms with Crippen LogP contribution < -0.4 is 4.74 Å². The molecule has 214 valence electrons. The average Bonchev–Trinajstić information content (AvgIpc) is 3.31. The van der Waals surface area contributed by atoms with Gasteiger partial charge in [-0.3, -0.25) is 0 Å².